The third-order valence-corrected chi connectivity index (χ3v) is 6.14. The number of likely N-dealkylation sites (N-methyl/N-ethyl adjacent to an activating group) is 1. The molecule has 2 fully saturated rings. The number of carbonyl (C=O) groups excluding carboxylic acids is 3. The molecule has 2 saturated heterocycles. The molecule has 3 heterocycles. The molecule has 0 aromatic carbocycles. The number of piperazine rings is 1. The molecule has 5 atom stereocenters. The molecular weight excluding hydrogens is 356 g/mol. The second kappa shape index (κ2) is 5.78. The highest BCUT2D eigenvalue weighted by molar-refractivity contribution is 6.25. The number of allylic oxidation sites excluding steroid dienone is 2. The van der Waals surface area contributed by atoms with Crippen LogP contribution in [-0.4, -0.2) is 86.3 Å². The number of nitrogens with zero attached hydrogens (tertiary/aromatic N) is 2. The highest BCUT2D eigenvalue weighted by Crippen LogP contribution is 2.59. The van der Waals surface area contributed by atoms with Crippen molar-refractivity contribution in [2.24, 2.45) is 17.4 Å². The molecule has 3 aliphatic heterocycles. The van der Waals surface area contributed by atoms with E-state index in [1.807, 2.05) is 11.9 Å². The lowest BCUT2D eigenvalue weighted by atomic mass is 9.82. The van der Waals surface area contributed by atoms with Gasteiger partial charge in [-0.3, -0.25) is 14.5 Å². The molecule has 27 heavy (non-hydrogen) atoms. The SMILES string of the molecule is COCC1=C(N)C(=O)C2=C(C1=O)N1C[C@H]3[C@H](N3C)[C@]1(OC)[C@@H]2COC(N)=O. The van der Waals surface area contributed by atoms with Gasteiger partial charge in [0.2, 0.25) is 11.6 Å². The number of methoxy groups -OCH3 is 2. The van der Waals surface area contributed by atoms with Gasteiger partial charge in [0.15, 0.2) is 5.72 Å². The van der Waals surface area contributed by atoms with Crippen LogP contribution >= 0.6 is 0 Å². The van der Waals surface area contributed by atoms with E-state index in [0.717, 1.165) is 0 Å². The Kier molecular flexibility index (Phi) is 3.85. The van der Waals surface area contributed by atoms with Gasteiger partial charge in [-0.15, -0.1) is 0 Å². The molecule has 0 aromatic heterocycles. The second-order valence-corrected chi connectivity index (χ2v) is 7.17. The molecule has 0 bridgehead atoms. The maximum absolute atomic E-state index is 13.2. The van der Waals surface area contributed by atoms with Crippen molar-refractivity contribution in [3.63, 3.8) is 0 Å². The van der Waals surface area contributed by atoms with Crippen LogP contribution in [0.3, 0.4) is 0 Å². The summed E-state index contributed by atoms with van der Waals surface area (Å²) in [7, 11) is 4.90. The number of hydrogen-bond donors (Lipinski definition) is 2. The number of amides is 1. The van der Waals surface area contributed by atoms with E-state index in [0.29, 0.717) is 6.54 Å². The first kappa shape index (κ1) is 18.0. The smallest absolute Gasteiger partial charge is 0.404 e. The lowest BCUT2D eigenvalue weighted by Crippen LogP contribution is -2.55. The summed E-state index contributed by atoms with van der Waals surface area (Å²) >= 11 is 0. The van der Waals surface area contributed by atoms with Crippen molar-refractivity contribution in [2.45, 2.75) is 17.8 Å². The number of primary amides is 1. The zero-order chi connectivity index (χ0) is 19.7. The van der Waals surface area contributed by atoms with Gasteiger partial charge in [-0.05, 0) is 7.05 Å². The Bertz CT molecular complexity index is 820. The van der Waals surface area contributed by atoms with Crippen molar-refractivity contribution in [3.8, 4) is 0 Å². The standard InChI is InChI=1S/C17H22N4O6/c1-20-9-4-21-12-10(14(23)11(18)7(5-25-2)13(12)22)8(6-27-16(19)24)17(21,26-3)15(9)20/h8-9,15H,4-6,18H2,1-3H3,(H2,19,24)/t8-,9+,15+,17-,20?/m1/s1. The normalized spacial score (nSPS) is 36.8. The van der Waals surface area contributed by atoms with Gasteiger partial charge < -0.3 is 30.6 Å². The Hall–Kier alpha value is -2.43. The van der Waals surface area contributed by atoms with Gasteiger partial charge in [0.25, 0.3) is 0 Å². The largest absolute Gasteiger partial charge is 0.449 e. The predicted molar refractivity (Wildman–Crippen MR) is 90.9 cm³/mol. The van der Waals surface area contributed by atoms with Crippen LogP contribution in [-0.2, 0) is 23.8 Å². The molecule has 0 spiro atoms. The second-order valence-electron chi connectivity index (χ2n) is 7.17. The molecule has 10 nitrogen and oxygen atoms in total. The van der Waals surface area contributed by atoms with Gasteiger partial charge in [-0.25, -0.2) is 4.79 Å². The van der Waals surface area contributed by atoms with Gasteiger partial charge in [-0.1, -0.05) is 0 Å². The monoisotopic (exact) mass is 378 g/mol. The van der Waals surface area contributed by atoms with Crippen LogP contribution in [0.5, 0.6) is 0 Å². The number of nitrogens with two attached hydrogens (primary N) is 2. The number of fused-ring (bicyclic) bond motifs is 4. The zero-order valence-electron chi connectivity index (χ0n) is 15.4. The van der Waals surface area contributed by atoms with E-state index in [-0.39, 0.29) is 53.6 Å². The number of Topliss-reactive ketones (excluding diaryl/α,β-unsaturated/α-hetero) is 2. The summed E-state index contributed by atoms with van der Waals surface area (Å²) in [5, 5.41) is 0. The Morgan fingerprint density at radius 1 is 1.30 bits per heavy atom. The van der Waals surface area contributed by atoms with Gasteiger partial charge >= 0.3 is 6.09 Å². The van der Waals surface area contributed by atoms with Crippen LogP contribution in [0.2, 0.25) is 0 Å². The molecule has 4 rings (SSSR count). The first-order chi connectivity index (χ1) is 12.8. The van der Waals surface area contributed by atoms with Crippen LogP contribution < -0.4 is 11.5 Å². The lowest BCUT2D eigenvalue weighted by Gasteiger charge is -2.40. The number of ketones is 2. The summed E-state index contributed by atoms with van der Waals surface area (Å²) in [6.45, 7) is 0.289. The third-order valence-electron chi connectivity index (χ3n) is 6.14. The number of ether oxygens (including phenoxy) is 3. The average Bonchev–Trinajstić information content (AvgIpc) is 3.02. The minimum atomic E-state index is -0.992. The molecule has 0 radical (unpaired) electrons. The van der Waals surface area contributed by atoms with Crippen LogP contribution in [0.25, 0.3) is 0 Å². The van der Waals surface area contributed by atoms with Gasteiger partial charge in [0.05, 0.1) is 35.5 Å². The van der Waals surface area contributed by atoms with E-state index in [4.69, 9.17) is 25.7 Å². The molecule has 1 unspecified atom stereocenters. The summed E-state index contributed by atoms with van der Waals surface area (Å²) in [5.74, 6) is -1.49. The van der Waals surface area contributed by atoms with Crippen LogP contribution in [0.15, 0.2) is 22.5 Å². The first-order valence-corrected chi connectivity index (χ1v) is 8.59. The quantitative estimate of drug-likeness (QED) is 0.424. The van der Waals surface area contributed by atoms with Gasteiger partial charge in [0.1, 0.15) is 6.61 Å². The van der Waals surface area contributed by atoms with Crippen molar-refractivity contribution in [1.29, 1.82) is 0 Å². The maximum atomic E-state index is 13.2. The lowest BCUT2D eigenvalue weighted by molar-refractivity contribution is -0.144. The van der Waals surface area contributed by atoms with Crippen molar-refractivity contribution in [2.75, 3.05) is 41.0 Å². The maximum Gasteiger partial charge on any atom is 0.404 e. The molecule has 0 saturated carbocycles. The van der Waals surface area contributed by atoms with E-state index < -0.39 is 23.5 Å². The molecule has 1 amide bonds. The van der Waals surface area contributed by atoms with Crippen molar-refractivity contribution in [1.82, 2.24) is 9.80 Å². The molecule has 10 heteroatoms. The summed E-state index contributed by atoms with van der Waals surface area (Å²) < 4.78 is 16.0. The highest BCUT2D eigenvalue weighted by atomic mass is 16.6. The highest BCUT2D eigenvalue weighted by Gasteiger charge is 2.75. The predicted octanol–water partition coefficient (Wildman–Crippen LogP) is -1.68. The van der Waals surface area contributed by atoms with Gasteiger partial charge in [-0.2, -0.15) is 0 Å². The topological polar surface area (TPSA) is 137 Å². The Balaban J connectivity index is 1.83. The molecule has 146 valence electrons. The minimum Gasteiger partial charge on any atom is -0.449 e. The molecular formula is C17H22N4O6. The fourth-order valence-electron chi connectivity index (χ4n) is 4.95. The van der Waals surface area contributed by atoms with Crippen LogP contribution in [0, 0.1) is 5.92 Å². The van der Waals surface area contributed by atoms with Gasteiger partial charge in [0, 0.05) is 32.4 Å². The fourth-order valence-corrected chi connectivity index (χ4v) is 4.95. The number of rotatable bonds is 5. The average molecular weight is 378 g/mol. The summed E-state index contributed by atoms with van der Waals surface area (Å²) in [6, 6.07) is 0.148. The number of carbonyl (C=O) groups is 3. The Labute approximate surface area is 155 Å². The molecule has 4 aliphatic rings. The molecule has 1 aliphatic carbocycles. The summed E-state index contributed by atoms with van der Waals surface area (Å²) in [5.41, 5.74) is 10.6. The van der Waals surface area contributed by atoms with E-state index in [1.54, 1.807) is 0 Å². The van der Waals surface area contributed by atoms with Crippen molar-refractivity contribution < 1.29 is 28.6 Å². The molecule has 4 N–H and O–H groups in total. The summed E-state index contributed by atoms with van der Waals surface area (Å²) in [6.07, 6.45) is -0.960. The van der Waals surface area contributed by atoms with E-state index in [2.05, 4.69) is 4.90 Å². The van der Waals surface area contributed by atoms with E-state index in [9.17, 15) is 14.4 Å². The van der Waals surface area contributed by atoms with E-state index in [1.165, 1.54) is 14.2 Å². The Morgan fingerprint density at radius 2 is 2.00 bits per heavy atom. The summed E-state index contributed by atoms with van der Waals surface area (Å²) in [4.78, 5) is 41.4. The van der Waals surface area contributed by atoms with Crippen LogP contribution in [0.4, 0.5) is 4.79 Å². The Morgan fingerprint density at radius 3 is 2.59 bits per heavy atom. The van der Waals surface area contributed by atoms with Crippen LogP contribution in [0.1, 0.15) is 0 Å². The fraction of sp³-hybridized carbons (Fsp3) is 0.588. The number of hydrogen-bond acceptors (Lipinski definition) is 9. The van der Waals surface area contributed by atoms with Crippen molar-refractivity contribution in [3.05, 3.63) is 22.5 Å². The zero-order valence-corrected chi connectivity index (χ0v) is 15.4. The minimum absolute atomic E-state index is 0.0396. The third kappa shape index (κ3) is 2.08. The molecule has 0 aromatic rings. The first-order valence-electron chi connectivity index (χ1n) is 8.59. The van der Waals surface area contributed by atoms with E-state index >= 15 is 0 Å². The van der Waals surface area contributed by atoms with Crippen molar-refractivity contribution >= 4 is 17.7 Å².